The van der Waals surface area contributed by atoms with Crippen LogP contribution in [-0.2, 0) is 11.2 Å². The highest BCUT2D eigenvalue weighted by atomic mass is 35.5. The van der Waals surface area contributed by atoms with Gasteiger partial charge in [0.1, 0.15) is 12.1 Å². The molecular weight excluding hydrogens is 460 g/mol. The Balaban J connectivity index is 1.30. The molecule has 8 heteroatoms. The number of rotatable bonds is 5. The molecule has 2 fully saturated rings. The minimum absolute atomic E-state index is 0.195. The molecule has 35 heavy (non-hydrogen) atoms. The molecule has 2 aromatic rings. The smallest absolute Gasteiger partial charge is 0.231 e. The number of nitrogens with one attached hydrogen (secondary N) is 1. The van der Waals surface area contributed by atoms with E-state index in [0.29, 0.717) is 36.1 Å². The first-order chi connectivity index (χ1) is 16.9. The van der Waals surface area contributed by atoms with Gasteiger partial charge in [-0.1, -0.05) is 30.7 Å². The number of hydrogen-bond donors (Lipinski definition) is 1. The largest absolute Gasteiger partial charge is 0.353 e. The van der Waals surface area contributed by atoms with E-state index < -0.39 is 0 Å². The quantitative estimate of drug-likeness (QED) is 0.685. The molecule has 2 aliphatic heterocycles. The van der Waals surface area contributed by atoms with Crippen molar-refractivity contribution in [1.82, 2.24) is 25.1 Å². The van der Waals surface area contributed by atoms with Crippen LogP contribution in [0.4, 0.5) is 5.82 Å². The number of amides is 1. The van der Waals surface area contributed by atoms with Crippen LogP contribution in [0.2, 0.25) is 5.02 Å². The van der Waals surface area contributed by atoms with Gasteiger partial charge >= 0.3 is 0 Å². The topological polar surface area (TPSA) is 64.6 Å². The van der Waals surface area contributed by atoms with Crippen LogP contribution in [0.1, 0.15) is 55.8 Å². The predicted octanol–water partition coefficient (Wildman–Crippen LogP) is 3.29. The van der Waals surface area contributed by atoms with E-state index in [1.165, 1.54) is 11.3 Å². The number of aryl methyl sites for hydroxylation is 1. The molecule has 1 amide bonds. The Bertz CT molecular complexity index is 1030. The van der Waals surface area contributed by atoms with Gasteiger partial charge < -0.3 is 15.1 Å². The average molecular weight is 497 g/mol. The van der Waals surface area contributed by atoms with Gasteiger partial charge in [-0.25, -0.2) is 9.97 Å². The summed E-state index contributed by atoms with van der Waals surface area (Å²) in [5, 5.41) is 4.29. The average Bonchev–Trinajstić information content (AvgIpc) is 3.23. The Morgan fingerprint density at radius 3 is 2.43 bits per heavy atom. The van der Waals surface area contributed by atoms with Crippen LogP contribution in [0, 0.1) is 0 Å². The standard InChI is InChI=1S/C27H37ClN6O/c1-18-4-9-24-25(18)26(30-17-29-24)33-10-12-34(13-11-33)27(35)23(21-5-7-22(28)8-6-21)16-32-14-19(2)31-20(3)15-32/h5-8,17-20,23,31H,4,9-16H2,1-3H3/t18?,19-,20?,23-/m1/s1. The lowest BCUT2D eigenvalue weighted by molar-refractivity contribution is -0.133. The Morgan fingerprint density at radius 1 is 1.06 bits per heavy atom. The van der Waals surface area contributed by atoms with Crippen molar-refractivity contribution in [3.63, 3.8) is 0 Å². The summed E-state index contributed by atoms with van der Waals surface area (Å²) in [4.78, 5) is 29.9. The summed E-state index contributed by atoms with van der Waals surface area (Å²) in [6.45, 7) is 12.4. The van der Waals surface area contributed by atoms with Crippen LogP contribution >= 0.6 is 11.6 Å². The summed E-state index contributed by atoms with van der Waals surface area (Å²) in [6, 6.07) is 8.66. The zero-order valence-corrected chi connectivity index (χ0v) is 21.8. The SMILES string of the molecule is CC1CN(C[C@@H](C(=O)N2CCN(c3ncnc4c3C(C)CC4)CC2)c2ccc(Cl)cc2)C[C@@H](C)N1. The first-order valence-corrected chi connectivity index (χ1v) is 13.4. The maximum atomic E-state index is 13.9. The van der Waals surface area contributed by atoms with Gasteiger partial charge in [-0.2, -0.15) is 0 Å². The number of carbonyl (C=O) groups excluding carboxylic acids is 1. The number of halogens is 1. The summed E-state index contributed by atoms with van der Waals surface area (Å²) >= 11 is 6.17. The zero-order chi connectivity index (χ0) is 24.5. The van der Waals surface area contributed by atoms with Crippen LogP contribution in [0.3, 0.4) is 0 Å². The van der Waals surface area contributed by atoms with Gasteiger partial charge in [-0.05, 0) is 50.3 Å². The predicted molar refractivity (Wildman–Crippen MR) is 140 cm³/mol. The van der Waals surface area contributed by atoms with Gasteiger partial charge in [0, 0.05) is 74.2 Å². The van der Waals surface area contributed by atoms with E-state index in [-0.39, 0.29) is 11.8 Å². The van der Waals surface area contributed by atoms with Gasteiger partial charge in [0.2, 0.25) is 5.91 Å². The number of hydrogen-bond acceptors (Lipinski definition) is 6. The second-order valence-electron chi connectivity index (χ2n) is 10.6. The number of fused-ring (bicyclic) bond motifs is 1. The number of benzene rings is 1. The molecule has 0 bridgehead atoms. The molecule has 1 N–H and O–H groups in total. The van der Waals surface area contributed by atoms with E-state index in [2.05, 4.69) is 50.8 Å². The van der Waals surface area contributed by atoms with Crippen LogP contribution in [0.15, 0.2) is 30.6 Å². The van der Waals surface area contributed by atoms with Gasteiger partial charge in [0.15, 0.2) is 0 Å². The maximum absolute atomic E-state index is 13.9. The van der Waals surface area contributed by atoms with Crippen molar-refractivity contribution in [3.8, 4) is 0 Å². The van der Waals surface area contributed by atoms with Gasteiger partial charge in [-0.15, -0.1) is 0 Å². The fourth-order valence-corrected chi connectivity index (χ4v) is 6.23. The van der Waals surface area contributed by atoms with E-state index in [9.17, 15) is 4.79 Å². The third kappa shape index (κ3) is 5.32. The molecule has 1 aromatic carbocycles. The first kappa shape index (κ1) is 24.5. The molecule has 5 rings (SSSR count). The molecule has 188 valence electrons. The van der Waals surface area contributed by atoms with Crippen LogP contribution < -0.4 is 10.2 Å². The van der Waals surface area contributed by atoms with Gasteiger partial charge in [0.05, 0.1) is 5.92 Å². The van der Waals surface area contributed by atoms with E-state index in [4.69, 9.17) is 11.6 Å². The zero-order valence-electron chi connectivity index (χ0n) is 21.1. The molecule has 2 unspecified atom stereocenters. The second kappa shape index (κ2) is 10.4. The maximum Gasteiger partial charge on any atom is 0.231 e. The molecule has 1 aliphatic carbocycles. The summed E-state index contributed by atoms with van der Waals surface area (Å²) < 4.78 is 0. The summed E-state index contributed by atoms with van der Waals surface area (Å²) in [6.07, 6.45) is 3.89. The highest BCUT2D eigenvalue weighted by molar-refractivity contribution is 6.30. The van der Waals surface area contributed by atoms with Crippen molar-refractivity contribution in [1.29, 1.82) is 0 Å². The lowest BCUT2D eigenvalue weighted by atomic mass is 9.95. The third-order valence-electron chi connectivity index (χ3n) is 7.79. The molecule has 0 spiro atoms. The number of anilines is 1. The fourth-order valence-electron chi connectivity index (χ4n) is 6.10. The molecule has 2 saturated heterocycles. The van der Waals surface area contributed by atoms with E-state index in [0.717, 1.165) is 56.9 Å². The first-order valence-electron chi connectivity index (χ1n) is 13.0. The van der Waals surface area contributed by atoms with E-state index >= 15 is 0 Å². The number of piperazine rings is 2. The van der Waals surface area contributed by atoms with E-state index in [1.807, 2.05) is 24.3 Å². The van der Waals surface area contributed by atoms with Gasteiger partial charge in [0.25, 0.3) is 0 Å². The van der Waals surface area contributed by atoms with Crippen LogP contribution in [-0.4, -0.2) is 83.6 Å². The minimum Gasteiger partial charge on any atom is -0.353 e. The van der Waals surface area contributed by atoms with Crippen molar-refractivity contribution >= 4 is 23.3 Å². The summed E-state index contributed by atoms with van der Waals surface area (Å²) in [5.74, 6) is 1.59. The monoisotopic (exact) mass is 496 g/mol. The molecule has 3 heterocycles. The second-order valence-corrected chi connectivity index (χ2v) is 11.0. The molecule has 0 saturated carbocycles. The Hall–Kier alpha value is -2.22. The van der Waals surface area contributed by atoms with Crippen molar-refractivity contribution in [2.24, 2.45) is 0 Å². The van der Waals surface area contributed by atoms with Crippen molar-refractivity contribution < 1.29 is 4.79 Å². The molecular formula is C27H37ClN6O. The third-order valence-corrected chi connectivity index (χ3v) is 8.04. The normalized spacial score (nSPS) is 26.0. The highest BCUT2D eigenvalue weighted by Crippen LogP contribution is 2.37. The molecule has 7 nitrogen and oxygen atoms in total. The van der Waals surface area contributed by atoms with E-state index in [1.54, 1.807) is 6.33 Å². The van der Waals surface area contributed by atoms with Crippen LogP contribution in [0.25, 0.3) is 0 Å². The number of aromatic nitrogens is 2. The summed E-state index contributed by atoms with van der Waals surface area (Å²) in [5.41, 5.74) is 3.56. The Morgan fingerprint density at radius 2 is 1.74 bits per heavy atom. The number of carbonyl (C=O) groups is 1. The Labute approximate surface area is 213 Å². The molecule has 0 radical (unpaired) electrons. The van der Waals surface area contributed by atoms with Gasteiger partial charge in [-0.3, -0.25) is 9.69 Å². The molecule has 1 aromatic heterocycles. The van der Waals surface area contributed by atoms with Crippen molar-refractivity contribution in [2.75, 3.05) is 50.7 Å². The minimum atomic E-state index is -0.195. The molecule has 3 aliphatic rings. The van der Waals surface area contributed by atoms with Crippen LogP contribution in [0.5, 0.6) is 0 Å². The Kier molecular flexibility index (Phi) is 7.28. The van der Waals surface area contributed by atoms with Crippen molar-refractivity contribution in [2.45, 2.75) is 57.5 Å². The van der Waals surface area contributed by atoms with Crippen molar-refractivity contribution in [3.05, 3.63) is 52.4 Å². The lowest BCUT2D eigenvalue weighted by Gasteiger charge is -2.40. The fraction of sp³-hybridized carbons (Fsp3) is 0.593. The molecule has 4 atom stereocenters. The lowest BCUT2D eigenvalue weighted by Crippen LogP contribution is -2.56. The highest BCUT2D eigenvalue weighted by Gasteiger charge is 2.34. The summed E-state index contributed by atoms with van der Waals surface area (Å²) in [7, 11) is 0. The number of nitrogens with zero attached hydrogens (tertiary/aromatic N) is 5.